The van der Waals surface area contributed by atoms with E-state index in [1.807, 2.05) is 11.9 Å². The Balaban J connectivity index is 2.12. The van der Waals surface area contributed by atoms with Crippen LogP contribution in [0.1, 0.15) is 5.56 Å². The first kappa shape index (κ1) is 16.7. The highest BCUT2D eigenvalue weighted by molar-refractivity contribution is 6.31. The number of hydrogen-bond donors (Lipinski definition) is 1. The molecule has 0 unspecified atom stereocenters. The van der Waals surface area contributed by atoms with Crippen LogP contribution < -0.4 is 5.73 Å². The zero-order chi connectivity index (χ0) is 16.3. The molecule has 0 saturated carbocycles. The van der Waals surface area contributed by atoms with Crippen molar-refractivity contribution in [3.8, 4) is 0 Å². The van der Waals surface area contributed by atoms with Crippen molar-refractivity contribution in [3.63, 3.8) is 0 Å². The first-order chi connectivity index (χ1) is 10.4. The lowest BCUT2D eigenvalue weighted by Crippen LogP contribution is -2.41. The van der Waals surface area contributed by atoms with E-state index in [4.69, 9.17) is 17.3 Å². The number of likely N-dealkylation sites (N-methyl/N-ethyl adjacent to an activating group) is 1. The number of carbonyl (C=O) groups is 2. The Morgan fingerprint density at radius 3 is 2.73 bits per heavy atom. The van der Waals surface area contributed by atoms with Gasteiger partial charge in [0.2, 0.25) is 11.8 Å². The van der Waals surface area contributed by atoms with Gasteiger partial charge in [0, 0.05) is 36.8 Å². The number of benzene rings is 1. The van der Waals surface area contributed by atoms with Gasteiger partial charge in [0.05, 0.1) is 12.3 Å². The molecule has 0 aromatic heterocycles. The van der Waals surface area contributed by atoms with E-state index in [-0.39, 0.29) is 29.5 Å². The maximum absolute atomic E-state index is 13.8. The smallest absolute Gasteiger partial charge is 0.227 e. The Kier molecular flexibility index (Phi) is 5.37. The van der Waals surface area contributed by atoms with E-state index in [2.05, 4.69) is 0 Å². The molecule has 7 heteroatoms. The highest BCUT2D eigenvalue weighted by atomic mass is 35.5. The Labute approximate surface area is 133 Å². The largest absolute Gasteiger partial charge is 0.369 e. The summed E-state index contributed by atoms with van der Waals surface area (Å²) in [6.07, 6.45) is -0.124. The van der Waals surface area contributed by atoms with Crippen LogP contribution in [0.5, 0.6) is 0 Å². The van der Waals surface area contributed by atoms with Crippen LogP contribution in [0.4, 0.5) is 4.39 Å². The fraction of sp³-hybridized carbons (Fsp3) is 0.467. The number of nitrogens with zero attached hydrogens (tertiary/aromatic N) is 2. The van der Waals surface area contributed by atoms with Gasteiger partial charge in [-0.05, 0) is 19.2 Å². The highest BCUT2D eigenvalue weighted by Gasteiger charge is 2.28. The van der Waals surface area contributed by atoms with Gasteiger partial charge in [-0.25, -0.2) is 4.39 Å². The Morgan fingerprint density at radius 2 is 2.09 bits per heavy atom. The predicted molar refractivity (Wildman–Crippen MR) is 81.9 cm³/mol. The molecule has 0 spiro atoms. The van der Waals surface area contributed by atoms with Crippen molar-refractivity contribution in [2.75, 3.05) is 33.2 Å². The molecule has 0 bridgehead atoms. The van der Waals surface area contributed by atoms with E-state index in [9.17, 15) is 14.0 Å². The number of hydrogen-bond acceptors (Lipinski definition) is 3. The van der Waals surface area contributed by atoms with E-state index in [1.54, 1.807) is 11.0 Å². The molecular weight excluding hydrogens is 309 g/mol. The van der Waals surface area contributed by atoms with Crippen LogP contribution >= 0.6 is 11.6 Å². The number of rotatable bonds is 3. The monoisotopic (exact) mass is 327 g/mol. The van der Waals surface area contributed by atoms with Crippen molar-refractivity contribution in [2.45, 2.75) is 6.42 Å². The maximum Gasteiger partial charge on any atom is 0.227 e. The van der Waals surface area contributed by atoms with Gasteiger partial charge in [-0.1, -0.05) is 17.7 Å². The summed E-state index contributed by atoms with van der Waals surface area (Å²) in [4.78, 5) is 27.4. The second kappa shape index (κ2) is 7.07. The fourth-order valence-electron chi connectivity index (χ4n) is 2.54. The summed E-state index contributed by atoms with van der Waals surface area (Å²) in [5.41, 5.74) is 5.56. The standard InChI is InChI=1S/C15H19ClFN3O2/c1-19-5-6-20(9-10(8-19)15(18)22)14(21)7-11-12(16)3-2-4-13(11)17/h2-4,10H,5-9H2,1H3,(H2,18,22)/t10-/m1/s1. The fourth-order valence-corrected chi connectivity index (χ4v) is 2.77. The molecule has 22 heavy (non-hydrogen) atoms. The van der Waals surface area contributed by atoms with Crippen LogP contribution in [0.3, 0.4) is 0 Å². The number of nitrogens with two attached hydrogens (primary N) is 1. The normalized spacial score (nSPS) is 19.8. The average Bonchev–Trinajstić information content (AvgIpc) is 2.65. The van der Waals surface area contributed by atoms with Crippen LogP contribution in [0.2, 0.25) is 5.02 Å². The van der Waals surface area contributed by atoms with Crippen molar-refractivity contribution in [1.29, 1.82) is 0 Å². The van der Waals surface area contributed by atoms with E-state index < -0.39 is 17.6 Å². The van der Waals surface area contributed by atoms with Crippen molar-refractivity contribution in [3.05, 3.63) is 34.6 Å². The average molecular weight is 328 g/mol. The summed E-state index contributed by atoms with van der Waals surface area (Å²) < 4.78 is 13.8. The molecule has 1 atom stereocenters. The van der Waals surface area contributed by atoms with Gasteiger partial charge >= 0.3 is 0 Å². The molecule has 1 saturated heterocycles. The summed E-state index contributed by atoms with van der Waals surface area (Å²) in [5, 5.41) is 0.228. The minimum absolute atomic E-state index is 0.124. The lowest BCUT2D eigenvalue weighted by atomic mass is 10.1. The summed E-state index contributed by atoms with van der Waals surface area (Å²) in [6.45, 7) is 1.88. The van der Waals surface area contributed by atoms with E-state index in [1.165, 1.54) is 12.1 Å². The second-order valence-electron chi connectivity index (χ2n) is 5.58. The molecular formula is C15H19ClFN3O2. The zero-order valence-electron chi connectivity index (χ0n) is 12.4. The van der Waals surface area contributed by atoms with Gasteiger partial charge in [0.15, 0.2) is 0 Å². The zero-order valence-corrected chi connectivity index (χ0v) is 13.1. The van der Waals surface area contributed by atoms with Crippen LogP contribution in [-0.4, -0.2) is 54.8 Å². The van der Waals surface area contributed by atoms with Crippen LogP contribution in [0, 0.1) is 11.7 Å². The molecule has 1 aromatic carbocycles. The van der Waals surface area contributed by atoms with Crippen molar-refractivity contribution < 1.29 is 14.0 Å². The molecule has 2 N–H and O–H groups in total. The lowest BCUT2D eigenvalue weighted by Gasteiger charge is -2.23. The van der Waals surface area contributed by atoms with Crippen LogP contribution in [0.15, 0.2) is 18.2 Å². The highest BCUT2D eigenvalue weighted by Crippen LogP contribution is 2.20. The van der Waals surface area contributed by atoms with Crippen molar-refractivity contribution >= 4 is 23.4 Å². The third kappa shape index (κ3) is 3.96. The lowest BCUT2D eigenvalue weighted by molar-refractivity contribution is -0.131. The number of primary amides is 1. The Bertz CT molecular complexity index is 562. The van der Waals surface area contributed by atoms with Gasteiger partial charge in [-0.2, -0.15) is 0 Å². The van der Waals surface area contributed by atoms with Gasteiger partial charge in [0.25, 0.3) is 0 Å². The molecule has 1 aromatic rings. The first-order valence-electron chi connectivity index (χ1n) is 7.07. The van der Waals surface area contributed by atoms with Crippen molar-refractivity contribution in [2.24, 2.45) is 11.7 Å². The number of halogens is 2. The predicted octanol–water partition coefficient (Wildman–Crippen LogP) is 0.897. The summed E-state index contributed by atoms with van der Waals surface area (Å²) in [6, 6.07) is 4.32. The molecule has 1 heterocycles. The SMILES string of the molecule is CN1CCN(C(=O)Cc2c(F)cccc2Cl)C[C@H](C(N)=O)C1. The summed E-state index contributed by atoms with van der Waals surface area (Å²) in [7, 11) is 1.87. The summed E-state index contributed by atoms with van der Waals surface area (Å²) in [5.74, 6) is -1.61. The number of amides is 2. The topological polar surface area (TPSA) is 66.6 Å². The third-order valence-corrected chi connectivity index (χ3v) is 4.22. The van der Waals surface area contributed by atoms with Crippen molar-refractivity contribution in [1.82, 2.24) is 9.80 Å². The molecule has 2 amide bonds. The van der Waals surface area contributed by atoms with Gasteiger partial charge in [-0.15, -0.1) is 0 Å². The second-order valence-corrected chi connectivity index (χ2v) is 5.99. The minimum Gasteiger partial charge on any atom is -0.369 e. The molecule has 5 nitrogen and oxygen atoms in total. The van der Waals surface area contributed by atoms with Gasteiger partial charge in [-0.3, -0.25) is 9.59 Å². The van der Waals surface area contributed by atoms with Gasteiger partial charge in [0.1, 0.15) is 5.82 Å². The first-order valence-corrected chi connectivity index (χ1v) is 7.44. The number of carbonyl (C=O) groups excluding carboxylic acids is 2. The van der Waals surface area contributed by atoms with Crippen LogP contribution in [-0.2, 0) is 16.0 Å². The van der Waals surface area contributed by atoms with E-state index in [0.29, 0.717) is 19.6 Å². The molecule has 120 valence electrons. The maximum atomic E-state index is 13.8. The van der Waals surface area contributed by atoms with E-state index in [0.717, 1.165) is 0 Å². The minimum atomic E-state index is -0.501. The Morgan fingerprint density at radius 1 is 1.36 bits per heavy atom. The molecule has 0 radical (unpaired) electrons. The van der Waals surface area contributed by atoms with Gasteiger partial charge < -0.3 is 15.5 Å². The summed E-state index contributed by atoms with van der Waals surface area (Å²) >= 11 is 5.95. The molecule has 2 rings (SSSR count). The Hall–Kier alpha value is -1.66. The quantitative estimate of drug-likeness (QED) is 0.897. The third-order valence-electron chi connectivity index (χ3n) is 3.87. The molecule has 0 aliphatic carbocycles. The molecule has 1 aliphatic rings. The molecule has 1 fully saturated rings. The van der Waals surface area contributed by atoms with Crippen LogP contribution in [0.25, 0.3) is 0 Å². The molecule has 1 aliphatic heterocycles. The van der Waals surface area contributed by atoms with E-state index >= 15 is 0 Å².